The van der Waals surface area contributed by atoms with E-state index in [2.05, 4.69) is 78.0 Å². The van der Waals surface area contributed by atoms with Gasteiger partial charge in [-0.15, -0.1) is 53.6 Å². The molecule has 5 nitrogen and oxygen atoms in total. The summed E-state index contributed by atoms with van der Waals surface area (Å²) < 4.78 is 37.9. The van der Waals surface area contributed by atoms with Crippen molar-refractivity contribution >= 4 is 44.6 Å². The molecule has 0 aliphatic carbocycles. The van der Waals surface area contributed by atoms with Crippen LogP contribution in [0.25, 0.3) is 38.8 Å². The molecule has 0 spiro atoms. The van der Waals surface area contributed by atoms with E-state index in [1.54, 1.807) is 17.8 Å². The first-order valence-electron chi connectivity index (χ1n) is 17.1. The molecule has 0 radical (unpaired) electrons. The molecule has 0 unspecified atom stereocenters. The quantitative estimate of drug-likeness (QED) is 0.149. The molecule has 8 heteroatoms. The van der Waals surface area contributed by atoms with Gasteiger partial charge in [0.2, 0.25) is 0 Å². The first kappa shape index (κ1) is 34.3. The van der Waals surface area contributed by atoms with Gasteiger partial charge in [0, 0.05) is 67.4 Å². The fourth-order valence-corrected chi connectivity index (χ4v) is 7.08. The predicted octanol–water partition coefficient (Wildman–Crippen LogP) is 12.0. The van der Waals surface area contributed by atoms with Crippen molar-refractivity contribution in [1.29, 1.82) is 0 Å². The Labute approximate surface area is 321 Å². The summed E-state index contributed by atoms with van der Waals surface area (Å²) in [4.78, 5) is 8.34. The third-order valence-corrected chi connectivity index (χ3v) is 9.44. The number of anilines is 4. The summed E-state index contributed by atoms with van der Waals surface area (Å²) in [7, 11) is 0. The molecule has 0 amide bonds. The fourth-order valence-electron chi connectivity index (χ4n) is 7.08. The molecule has 0 saturated carbocycles. The SMILES string of the molecule is CC(C)c1ccccc1-c1cc(Oc2[c-]c3c(cc2)c2ccccc2n3-c2ccccn2)[c-]c(N2[CH-]N(c3ccc(F)cc3F)c3ccccc32)c1.[Pt]. The third-order valence-electron chi connectivity index (χ3n) is 9.44. The van der Waals surface area contributed by atoms with Crippen LogP contribution in [0.3, 0.4) is 0 Å². The van der Waals surface area contributed by atoms with Gasteiger partial charge in [-0.3, -0.25) is 0 Å². The average Bonchev–Trinajstić information content (AvgIpc) is 3.71. The summed E-state index contributed by atoms with van der Waals surface area (Å²) in [5, 5.41) is 2.13. The fraction of sp³-hybridized carbons (Fsp3) is 0.0667. The Balaban J connectivity index is 0.00000400. The maximum Gasteiger partial charge on any atom is 0.147 e. The average molecular weight is 877 g/mol. The van der Waals surface area contributed by atoms with E-state index in [-0.39, 0.29) is 32.7 Å². The second-order valence-corrected chi connectivity index (χ2v) is 13.0. The number of pyridine rings is 1. The number of hydrogen-bond donors (Lipinski definition) is 0. The molecule has 1 aliphatic rings. The molecule has 0 bridgehead atoms. The van der Waals surface area contributed by atoms with Crippen LogP contribution in [0.4, 0.5) is 31.5 Å². The van der Waals surface area contributed by atoms with E-state index in [0.29, 0.717) is 17.2 Å². The van der Waals surface area contributed by atoms with E-state index in [4.69, 9.17) is 4.74 Å². The van der Waals surface area contributed by atoms with Crippen molar-refractivity contribution in [2.75, 3.05) is 9.80 Å². The molecule has 0 atom stereocenters. The molecular formula is C45H31F2N4OPt-3. The van der Waals surface area contributed by atoms with Crippen LogP contribution < -0.4 is 14.5 Å². The van der Waals surface area contributed by atoms with Crippen LogP contribution in [0.2, 0.25) is 0 Å². The number of hydrogen-bond acceptors (Lipinski definition) is 4. The maximum atomic E-state index is 15.2. The van der Waals surface area contributed by atoms with Crippen LogP contribution in [0.5, 0.6) is 11.5 Å². The molecule has 9 rings (SSSR count). The van der Waals surface area contributed by atoms with Crippen LogP contribution in [0, 0.1) is 30.4 Å². The summed E-state index contributed by atoms with van der Waals surface area (Å²) in [6, 6.07) is 48.9. The second-order valence-electron chi connectivity index (χ2n) is 13.0. The maximum absolute atomic E-state index is 15.2. The van der Waals surface area contributed by atoms with Gasteiger partial charge in [-0.1, -0.05) is 80.0 Å². The normalized spacial score (nSPS) is 12.4. The van der Waals surface area contributed by atoms with Crippen LogP contribution in [0.15, 0.2) is 140 Å². The van der Waals surface area contributed by atoms with Gasteiger partial charge in [-0.25, -0.2) is 13.8 Å². The molecule has 264 valence electrons. The van der Waals surface area contributed by atoms with E-state index in [9.17, 15) is 4.39 Å². The summed E-state index contributed by atoms with van der Waals surface area (Å²) >= 11 is 0. The van der Waals surface area contributed by atoms with Crippen molar-refractivity contribution in [3.63, 3.8) is 0 Å². The summed E-state index contributed by atoms with van der Waals surface area (Å²) in [5.74, 6) is 0.772. The van der Waals surface area contributed by atoms with Crippen molar-refractivity contribution in [2.45, 2.75) is 19.8 Å². The van der Waals surface area contributed by atoms with Gasteiger partial charge >= 0.3 is 0 Å². The number of rotatable bonds is 7. The molecule has 0 saturated heterocycles. The Morgan fingerprint density at radius 1 is 0.679 bits per heavy atom. The zero-order valence-corrected chi connectivity index (χ0v) is 31.0. The van der Waals surface area contributed by atoms with Gasteiger partial charge in [0.05, 0.1) is 0 Å². The van der Waals surface area contributed by atoms with Crippen molar-refractivity contribution in [3.8, 4) is 28.4 Å². The topological polar surface area (TPSA) is 33.5 Å². The molecule has 8 aromatic rings. The van der Waals surface area contributed by atoms with Crippen LogP contribution in [-0.2, 0) is 21.1 Å². The zero-order valence-electron chi connectivity index (χ0n) is 28.7. The Bertz CT molecular complexity index is 2620. The van der Waals surface area contributed by atoms with Gasteiger partial charge in [-0.2, -0.15) is 6.07 Å². The van der Waals surface area contributed by atoms with Crippen LogP contribution in [-0.4, -0.2) is 9.55 Å². The number of halogens is 2. The number of nitrogens with zero attached hydrogens (tertiary/aromatic N) is 4. The van der Waals surface area contributed by atoms with Gasteiger partial charge in [-0.05, 0) is 64.9 Å². The monoisotopic (exact) mass is 876 g/mol. The largest absolute Gasteiger partial charge is 0.509 e. The van der Waals surface area contributed by atoms with Gasteiger partial charge in [0.15, 0.2) is 0 Å². The third kappa shape index (κ3) is 6.15. The van der Waals surface area contributed by atoms with Crippen molar-refractivity contribution in [3.05, 3.63) is 176 Å². The number of benzene rings is 6. The van der Waals surface area contributed by atoms with E-state index in [1.165, 1.54) is 17.7 Å². The van der Waals surface area contributed by atoms with Crippen molar-refractivity contribution in [2.24, 2.45) is 0 Å². The minimum Gasteiger partial charge on any atom is -0.509 e. The molecule has 0 fully saturated rings. The minimum atomic E-state index is -0.658. The molecule has 53 heavy (non-hydrogen) atoms. The molecule has 3 heterocycles. The summed E-state index contributed by atoms with van der Waals surface area (Å²) in [6.07, 6.45) is 1.78. The predicted molar refractivity (Wildman–Crippen MR) is 204 cm³/mol. The number of para-hydroxylation sites is 3. The molecule has 2 aromatic heterocycles. The Morgan fingerprint density at radius 2 is 1.43 bits per heavy atom. The van der Waals surface area contributed by atoms with Crippen LogP contribution in [0.1, 0.15) is 25.3 Å². The second kappa shape index (κ2) is 14.0. The molecule has 1 aliphatic heterocycles. The number of aromatic nitrogens is 2. The van der Waals surface area contributed by atoms with E-state index in [1.807, 2.05) is 77.7 Å². The Kier molecular flexibility index (Phi) is 9.05. The number of ether oxygens (including phenoxy) is 1. The van der Waals surface area contributed by atoms with Crippen molar-refractivity contribution in [1.82, 2.24) is 9.55 Å². The van der Waals surface area contributed by atoms with Gasteiger partial charge in [0.1, 0.15) is 17.5 Å². The van der Waals surface area contributed by atoms with E-state index >= 15 is 4.39 Å². The van der Waals surface area contributed by atoms with Crippen molar-refractivity contribution < 1.29 is 34.6 Å². The van der Waals surface area contributed by atoms with Gasteiger partial charge in [0.25, 0.3) is 0 Å². The first-order chi connectivity index (χ1) is 25.4. The summed E-state index contributed by atoms with van der Waals surface area (Å²) in [6.45, 7) is 6.16. The number of fused-ring (bicyclic) bond motifs is 4. The smallest absolute Gasteiger partial charge is 0.147 e. The molecule has 0 N–H and O–H groups in total. The minimum absolute atomic E-state index is 0. The van der Waals surface area contributed by atoms with Gasteiger partial charge < -0.3 is 19.1 Å². The molecular weight excluding hydrogens is 846 g/mol. The zero-order chi connectivity index (χ0) is 35.3. The Morgan fingerprint density at radius 3 is 2.23 bits per heavy atom. The Hall–Kier alpha value is -5.78. The standard InChI is InChI=1S/C45H31F2N4O.Pt/c1-29(2)35-11-3-4-12-36(35)30-23-32(49-28-50(43-16-8-7-15-42(43)49)41-21-18-31(46)25-39(41)47)26-34(24-30)52-33-19-20-38-37-13-5-6-14-40(37)51(44(38)27-33)45-17-9-10-22-48-45;/h3-25,28-29H,1-2H3;/q-3;. The summed E-state index contributed by atoms with van der Waals surface area (Å²) in [5.41, 5.74) is 7.56. The van der Waals surface area contributed by atoms with Crippen LogP contribution >= 0.6 is 0 Å². The van der Waals surface area contributed by atoms with E-state index < -0.39 is 11.6 Å². The molecule has 6 aromatic carbocycles. The van der Waals surface area contributed by atoms with E-state index in [0.717, 1.165) is 56.2 Å². The first-order valence-corrected chi connectivity index (χ1v) is 17.1.